The average Bonchev–Trinajstić information content (AvgIpc) is 3.07. The van der Waals surface area contributed by atoms with Crippen molar-refractivity contribution in [2.75, 3.05) is 0 Å². The second-order valence-electron chi connectivity index (χ2n) is 7.12. The van der Waals surface area contributed by atoms with Crippen molar-refractivity contribution in [1.29, 1.82) is 0 Å². The molecule has 140 valence electrons. The van der Waals surface area contributed by atoms with E-state index >= 15 is 0 Å². The molecule has 1 aliphatic carbocycles. The van der Waals surface area contributed by atoms with Crippen molar-refractivity contribution in [1.82, 2.24) is 10.6 Å². The van der Waals surface area contributed by atoms with Crippen LogP contribution in [0.25, 0.3) is 0 Å². The van der Waals surface area contributed by atoms with Crippen LogP contribution in [-0.4, -0.2) is 24.2 Å². The van der Waals surface area contributed by atoms with Crippen LogP contribution in [0.3, 0.4) is 0 Å². The summed E-state index contributed by atoms with van der Waals surface area (Å²) < 4.78 is 11.3. The summed E-state index contributed by atoms with van der Waals surface area (Å²) >= 11 is 0. The molecule has 3 rings (SSSR count). The van der Waals surface area contributed by atoms with E-state index in [1.54, 1.807) is 6.92 Å². The molecule has 2 N–H and O–H groups in total. The molecule has 1 aromatic carbocycles. The summed E-state index contributed by atoms with van der Waals surface area (Å²) in [4.78, 5) is 24.7. The summed E-state index contributed by atoms with van der Waals surface area (Å²) in [5, 5.41) is 5.51. The van der Waals surface area contributed by atoms with Gasteiger partial charge < -0.3 is 20.1 Å². The number of allylic oxidation sites excluding steroid dienone is 1. The standard InChI is InChI=1S/C20H26N2O4/c1-12(2)25-16-10-8-14(9-11-16)18-17(13(3)21-20(24)22-18)19(23)26-15-6-4-5-7-15/h8-12,15,18H,4-7H2,1-3H3,(H2,21,22,24)/t18-/m0/s1. The van der Waals surface area contributed by atoms with E-state index in [2.05, 4.69) is 10.6 Å². The van der Waals surface area contributed by atoms with Crippen molar-refractivity contribution in [3.05, 3.63) is 41.1 Å². The Labute approximate surface area is 153 Å². The molecule has 0 saturated heterocycles. The van der Waals surface area contributed by atoms with Crippen LogP contribution >= 0.6 is 0 Å². The van der Waals surface area contributed by atoms with Gasteiger partial charge in [-0.05, 0) is 64.2 Å². The summed E-state index contributed by atoms with van der Waals surface area (Å²) in [5.74, 6) is 0.384. The zero-order valence-electron chi connectivity index (χ0n) is 15.5. The van der Waals surface area contributed by atoms with Gasteiger partial charge in [0.1, 0.15) is 11.9 Å². The summed E-state index contributed by atoms with van der Waals surface area (Å²) in [5.41, 5.74) is 1.80. The minimum Gasteiger partial charge on any atom is -0.491 e. The van der Waals surface area contributed by atoms with Crippen LogP contribution in [-0.2, 0) is 9.53 Å². The van der Waals surface area contributed by atoms with Crippen molar-refractivity contribution in [3.8, 4) is 5.75 Å². The number of nitrogens with one attached hydrogen (secondary N) is 2. The lowest BCUT2D eigenvalue weighted by molar-refractivity contribution is -0.144. The number of carbonyl (C=O) groups excluding carboxylic acids is 2. The first-order valence-electron chi connectivity index (χ1n) is 9.20. The Balaban J connectivity index is 1.83. The fourth-order valence-electron chi connectivity index (χ4n) is 3.45. The van der Waals surface area contributed by atoms with Gasteiger partial charge in [0.05, 0.1) is 17.7 Å². The molecule has 6 nitrogen and oxygen atoms in total. The predicted octanol–water partition coefficient (Wildman–Crippen LogP) is 3.59. The molecule has 26 heavy (non-hydrogen) atoms. The normalized spacial score (nSPS) is 20.8. The van der Waals surface area contributed by atoms with Crippen LogP contribution in [0.5, 0.6) is 5.75 Å². The second-order valence-corrected chi connectivity index (χ2v) is 7.12. The van der Waals surface area contributed by atoms with Crippen LogP contribution < -0.4 is 15.4 Å². The molecule has 0 unspecified atom stereocenters. The molecule has 1 saturated carbocycles. The van der Waals surface area contributed by atoms with E-state index in [1.807, 2.05) is 38.1 Å². The first-order valence-corrected chi connectivity index (χ1v) is 9.20. The summed E-state index contributed by atoms with van der Waals surface area (Å²) in [6.45, 7) is 5.65. The van der Waals surface area contributed by atoms with Crippen molar-refractivity contribution in [2.24, 2.45) is 0 Å². The largest absolute Gasteiger partial charge is 0.491 e. The van der Waals surface area contributed by atoms with E-state index < -0.39 is 6.04 Å². The molecule has 2 aliphatic rings. The summed E-state index contributed by atoms with van der Waals surface area (Å²) in [7, 11) is 0. The van der Waals surface area contributed by atoms with E-state index in [4.69, 9.17) is 9.47 Å². The topological polar surface area (TPSA) is 76.7 Å². The first kappa shape index (κ1) is 18.3. The monoisotopic (exact) mass is 358 g/mol. The Morgan fingerprint density at radius 1 is 1.15 bits per heavy atom. The molecule has 0 radical (unpaired) electrons. The van der Waals surface area contributed by atoms with E-state index in [-0.39, 0.29) is 24.2 Å². The third kappa shape index (κ3) is 4.18. The molecule has 1 heterocycles. The Hall–Kier alpha value is -2.50. The Morgan fingerprint density at radius 3 is 2.42 bits per heavy atom. The van der Waals surface area contributed by atoms with E-state index in [9.17, 15) is 9.59 Å². The smallest absolute Gasteiger partial charge is 0.338 e. The van der Waals surface area contributed by atoms with Gasteiger partial charge in [0.15, 0.2) is 0 Å². The second kappa shape index (κ2) is 7.81. The fourth-order valence-corrected chi connectivity index (χ4v) is 3.45. The van der Waals surface area contributed by atoms with Gasteiger partial charge >= 0.3 is 12.0 Å². The lowest BCUT2D eigenvalue weighted by Gasteiger charge is -2.29. The molecular formula is C20H26N2O4. The quantitative estimate of drug-likeness (QED) is 0.789. The number of benzene rings is 1. The van der Waals surface area contributed by atoms with Gasteiger partial charge in [-0.2, -0.15) is 0 Å². The molecule has 6 heteroatoms. The van der Waals surface area contributed by atoms with Gasteiger partial charge in [-0.3, -0.25) is 0 Å². The van der Waals surface area contributed by atoms with Crippen LogP contribution in [0.1, 0.15) is 58.1 Å². The number of ether oxygens (including phenoxy) is 2. The SMILES string of the molecule is CC1=C(C(=O)OC2CCCC2)[C@H](c2ccc(OC(C)C)cc2)NC(=O)N1. The van der Waals surface area contributed by atoms with Gasteiger partial charge in [-0.15, -0.1) is 0 Å². The first-order chi connectivity index (χ1) is 12.4. The molecular weight excluding hydrogens is 332 g/mol. The van der Waals surface area contributed by atoms with Gasteiger partial charge in [0.25, 0.3) is 0 Å². The van der Waals surface area contributed by atoms with Crippen LogP contribution in [0.2, 0.25) is 0 Å². The summed E-state index contributed by atoms with van der Waals surface area (Å²) in [6, 6.07) is 6.56. The maximum atomic E-state index is 12.8. The van der Waals surface area contributed by atoms with Gasteiger partial charge in [0, 0.05) is 5.70 Å². The third-order valence-corrected chi connectivity index (χ3v) is 4.65. The zero-order chi connectivity index (χ0) is 18.7. The number of carbonyl (C=O) groups is 2. The number of amides is 2. The van der Waals surface area contributed by atoms with Crippen molar-refractivity contribution in [3.63, 3.8) is 0 Å². The number of rotatable bonds is 5. The number of esters is 1. The molecule has 2 amide bonds. The molecule has 0 aromatic heterocycles. The van der Waals surface area contributed by atoms with Gasteiger partial charge in [0.2, 0.25) is 0 Å². The highest BCUT2D eigenvalue weighted by atomic mass is 16.5. The molecule has 0 spiro atoms. The van der Waals surface area contributed by atoms with Crippen LogP contribution in [0.15, 0.2) is 35.5 Å². The van der Waals surface area contributed by atoms with E-state index in [0.29, 0.717) is 11.3 Å². The molecule has 0 bridgehead atoms. The van der Waals surface area contributed by atoms with Crippen LogP contribution in [0.4, 0.5) is 4.79 Å². The van der Waals surface area contributed by atoms with Crippen molar-refractivity contribution < 1.29 is 19.1 Å². The zero-order valence-corrected chi connectivity index (χ0v) is 15.5. The Morgan fingerprint density at radius 2 is 1.81 bits per heavy atom. The molecule has 1 fully saturated rings. The predicted molar refractivity (Wildman–Crippen MR) is 97.7 cm³/mol. The highest BCUT2D eigenvalue weighted by molar-refractivity contribution is 5.95. The summed E-state index contributed by atoms with van der Waals surface area (Å²) in [6.07, 6.45) is 4.05. The fraction of sp³-hybridized carbons (Fsp3) is 0.500. The maximum Gasteiger partial charge on any atom is 0.338 e. The van der Waals surface area contributed by atoms with Crippen molar-refractivity contribution >= 4 is 12.0 Å². The number of hydrogen-bond acceptors (Lipinski definition) is 4. The Kier molecular flexibility index (Phi) is 5.49. The van der Waals surface area contributed by atoms with Crippen LogP contribution in [0, 0.1) is 0 Å². The number of urea groups is 1. The number of hydrogen-bond donors (Lipinski definition) is 2. The van der Waals surface area contributed by atoms with Gasteiger partial charge in [-0.25, -0.2) is 9.59 Å². The molecule has 1 aliphatic heterocycles. The highest BCUT2D eigenvalue weighted by Crippen LogP contribution is 2.31. The lowest BCUT2D eigenvalue weighted by Crippen LogP contribution is -2.45. The van der Waals surface area contributed by atoms with E-state index in [0.717, 1.165) is 37.0 Å². The van der Waals surface area contributed by atoms with Gasteiger partial charge in [-0.1, -0.05) is 12.1 Å². The van der Waals surface area contributed by atoms with Crippen molar-refractivity contribution in [2.45, 2.75) is 64.7 Å². The minimum atomic E-state index is -0.536. The lowest BCUT2D eigenvalue weighted by atomic mass is 9.95. The molecule has 1 atom stereocenters. The average molecular weight is 358 g/mol. The minimum absolute atomic E-state index is 0.0251. The third-order valence-electron chi connectivity index (χ3n) is 4.65. The Bertz CT molecular complexity index is 703. The maximum absolute atomic E-state index is 12.8. The highest BCUT2D eigenvalue weighted by Gasteiger charge is 2.33. The molecule has 1 aromatic rings. The van der Waals surface area contributed by atoms with E-state index in [1.165, 1.54) is 0 Å².